The summed E-state index contributed by atoms with van der Waals surface area (Å²) in [7, 11) is 0. The van der Waals surface area contributed by atoms with Gasteiger partial charge in [0.15, 0.2) is 0 Å². The third-order valence-electron chi connectivity index (χ3n) is 3.17. The molecule has 0 saturated carbocycles. The van der Waals surface area contributed by atoms with Crippen LogP contribution in [0.2, 0.25) is 0 Å². The summed E-state index contributed by atoms with van der Waals surface area (Å²) < 4.78 is 5.82. The van der Waals surface area contributed by atoms with Crippen LogP contribution >= 0.6 is 0 Å². The Balaban J connectivity index is 1.99. The first-order valence-corrected chi connectivity index (χ1v) is 6.39. The first kappa shape index (κ1) is 12.4. The Kier molecular flexibility index (Phi) is 3.21. The molecule has 0 aliphatic carbocycles. The van der Waals surface area contributed by atoms with Gasteiger partial charge in [-0.2, -0.15) is 0 Å². The highest BCUT2D eigenvalue weighted by Gasteiger charge is 2.21. The summed E-state index contributed by atoms with van der Waals surface area (Å²) in [6, 6.07) is 14.9. The third-order valence-corrected chi connectivity index (χ3v) is 3.17. The second kappa shape index (κ2) is 5.17. The van der Waals surface area contributed by atoms with Gasteiger partial charge in [-0.15, -0.1) is 0 Å². The monoisotopic (exact) mass is 267 g/mol. The second-order valence-corrected chi connectivity index (χ2v) is 4.63. The van der Waals surface area contributed by atoms with Gasteiger partial charge in [-0.05, 0) is 23.8 Å². The third kappa shape index (κ3) is 2.54. The minimum absolute atomic E-state index is 0.157. The molecule has 1 aliphatic rings. The van der Waals surface area contributed by atoms with E-state index in [-0.39, 0.29) is 24.7 Å². The molecule has 100 valence electrons. The summed E-state index contributed by atoms with van der Waals surface area (Å²) in [5, 5.41) is 2.35. The maximum absolute atomic E-state index is 11.7. The lowest BCUT2D eigenvalue weighted by molar-refractivity contribution is -0.129. The number of benzene rings is 2. The van der Waals surface area contributed by atoms with E-state index in [1.54, 1.807) is 0 Å². The van der Waals surface area contributed by atoms with Crippen molar-refractivity contribution in [1.82, 2.24) is 5.32 Å². The molecule has 4 nitrogen and oxygen atoms in total. The number of rotatable bonds is 2. The van der Waals surface area contributed by atoms with Crippen molar-refractivity contribution in [3.05, 3.63) is 59.7 Å². The van der Waals surface area contributed by atoms with E-state index in [4.69, 9.17) is 4.74 Å². The minimum Gasteiger partial charge on any atom is -0.457 e. The van der Waals surface area contributed by atoms with Crippen molar-refractivity contribution < 1.29 is 14.3 Å². The number of fused-ring (bicyclic) bond motifs is 1. The average Bonchev–Trinajstić information content (AvgIpc) is 2.57. The molecule has 1 heterocycles. The van der Waals surface area contributed by atoms with Crippen molar-refractivity contribution in [1.29, 1.82) is 0 Å². The summed E-state index contributed by atoms with van der Waals surface area (Å²) in [6.07, 6.45) is 0.358. The van der Waals surface area contributed by atoms with Crippen LogP contribution in [-0.2, 0) is 22.4 Å². The SMILES string of the molecule is O=C1Cc2cccc(Oc3ccccc3)c2CC(=O)N1. The number of hydrogen-bond acceptors (Lipinski definition) is 3. The molecule has 1 aliphatic heterocycles. The standard InChI is InChI=1S/C16H13NO3/c18-15-9-11-5-4-8-14(13(11)10-16(19)17-15)20-12-6-2-1-3-7-12/h1-8H,9-10H2,(H,17,18,19). The predicted octanol–water partition coefficient (Wildman–Crippen LogP) is 2.22. The van der Waals surface area contributed by atoms with Gasteiger partial charge >= 0.3 is 0 Å². The van der Waals surface area contributed by atoms with Crippen molar-refractivity contribution in [2.45, 2.75) is 12.8 Å². The molecule has 1 N–H and O–H groups in total. The van der Waals surface area contributed by atoms with Crippen LogP contribution in [0.15, 0.2) is 48.5 Å². The van der Waals surface area contributed by atoms with Crippen molar-refractivity contribution in [3.8, 4) is 11.5 Å². The van der Waals surface area contributed by atoms with Crippen LogP contribution in [0.4, 0.5) is 0 Å². The molecule has 20 heavy (non-hydrogen) atoms. The normalized spacial score (nSPS) is 14.2. The smallest absolute Gasteiger partial charge is 0.231 e. The van der Waals surface area contributed by atoms with E-state index in [1.807, 2.05) is 48.5 Å². The van der Waals surface area contributed by atoms with Gasteiger partial charge in [0.2, 0.25) is 11.8 Å². The predicted molar refractivity (Wildman–Crippen MR) is 73.5 cm³/mol. The Hall–Kier alpha value is -2.62. The number of nitrogens with one attached hydrogen (secondary N) is 1. The van der Waals surface area contributed by atoms with Gasteiger partial charge in [-0.25, -0.2) is 0 Å². The molecular formula is C16H13NO3. The van der Waals surface area contributed by atoms with Gasteiger partial charge in [0.1, 0.15) is 11.5 Å². The zero-order valence-corrected chi connectivity index (χ0v) is 10.8. The molecule has 4 heteroatoms. The first-order chi connectivity index (χ1) is 9.72. The highest BCUT2D eigenvalue weighted by molar-refractivity contribution is 5.99. The number of amides is 2. The van der Waals surface area contributed by atoms with Gasteiger partial charge in [-0.3, -0.25) is 14.9 Å². The first-order valence-electron chi connectivity index (χ1n) is 6.39. The van der Waals surface area contributed by atoms with Gasteiger partial charge in [0, 0.05) is 5.56 Å². The maximum atomic E-state index is 11.7. The van der Waals surface area contributed by atoms with E-state index in [9.17, 15) is 9.59 Å². The fraction of sp³-hybridized carbons (Fsp3) is 0.125. The minimum atomic E-state index is -0.294. The molecular weight excluding hydrogens is 254 g/mol. The molecule has 2 aromatic carbocycles. The molecule has 0 unspecified atom stereocenters. The zero-order chi connectivity index (χ0) is 13.9. The van der Waals surface area contributed by atoms with Gasteiger partial charge in [0.05, 0.1) is 12.8 Å². The zero-order valence-electron chi connectivity index (χ0n) is 10.8. The number of imide groups is 1. The topological polar surface area (TPSA) is 55.4 Å². The summed E-state index contributed by atoms with van der Waals surface area (Å²) >= 11 is 0. The summed E-state index contributed by atoms with van der Waals surface area (Å²) in [4.78, 5) is 23.2. The average molecular weight is 267 g/mol. The molecule has 0 aromatic heterocycles. The lowest BCUT2D eigenvalue weighted by Crippen LogP contribution is -2.30. The molecule has 0 radical (unpaired) electrons. The van der Waals surface area contributed by atoms with Crippen molar-refractivity contribution in [3.63, 3.8) is 0 Å². The van der Waals surface area contributed by atoms with E-state index in [2.05, 4.69) is 5.32 Å². The Morgan fingerprint density at radius 2 is 1.60 bits per heavy atom. The molecule has 3 rings (SSSR count). The molecule has 0 atom stereocenters. The van der Waals surface area contributed by atoms with E-state index in [1.165, 1.54) is 0 Å². The maximum Gasteiger partial charge on any atom is 0.231 e. The second-order valence-electron chi connectivity index (χ2n) is 4.63. The highest BCUT2D eigenvalue weighted by Crippen LogP contribution is 2.29. The number of ether oxygens (including phenoxy) is 1. The van der Waals surface area contributed by atoms with Gasteiger partial charge in [0.25, 0.3) is 0 Å². The quantitative estimate of drug-likeness (QED) is 0.849. The lowest BCUT2D eigenvalue weighted by Gasteiger charge is -2.12. The van der Waals surface area contributed by atoms with Crippen LogP contribution in [0.25, 0.3) is 0 Å². The molecule has 0 saturated heterocycles. The van der Waals surface area contributed by atoms with E-state index in [0.717, 1.165) is 11.1 Å². The van der Waals surface area contributed by atoms with Crippen LogP contribution < -0.4 is 10.1 Å². The van der Waals surface area contributed by atoms with Crippen molar-refractivity contribution >= 4 is 11.8 Å². The van der Waals surface area contributed by atoms with Gasteiger partial charge < -0.3 is 4.74 Å². The van der Waals surface area contributed by atoms with E-state index in [0.29, 0.717) is 11.5 Å². The summed E-state index contributed by atoms with van der Waals surface area (Å²) in [6.45, 7) is 0. The van der Waals surface area contributed by atoms with Crippen LogP contribution in [0, 0.1) is 0 Å². The highest BCUT2D eigenvalue weighted by atomic mass is 16.5. The molecule has 0 bridgehead atoms. The number of carbonyl (C=O) groups excluding carboxylic acids is 2. The van der Waals surface area contributed by atoms with Crippen molar-refractivity contribution in [2.24, 2.45) is 0 Å². The fourth-order valence-corrected chi connectivity index (χ4v) is 2.27. The Bertz CT molecular complexity index is 665. The number of para-hydroxylation sites is 1. The Morgan fingerprint density at radius 3 is 2.40 bits per heavy atom. The molecule has 0 fully saturated rings. The fourth-order valence-electron chi connectivity index (χ4n) is 2.27. The van der Waals surface area contributed by atoms with Crippen LogP contribution in [0.3, 0.4) is 0 Å². The largest absolute Gasteiger partial charge is 0.457 e. The van der Waals surface area contributed by atoms with Crippen molar-refractivity contribution in [2.75, 3.05) is 0 Å². The van der Waals surface area contributed by atoms with E-state index < -0.39 is 0 Å². The Labute approximate surface area is 116 Å². The van der Waals surface area contributed by atoms with Crippen LogP contribution in [0.1, 0.15) is 11.1 Å². The Morgan fingerprint density at radius 1 is 0.850 bits per heavy atom. The lowest BCUT2D eigenvalue weighted by atomic mass is 10.0. The molecule has 2 aromatic rings. The van der Waals surface area contributed by atoms with Crippen LogP contribution in [-0.4, -0.2) is 11.8 Å². The van der Waals surface area contributed by atoms with Gasteiger partial charge in [-0.1, -0.05) is 30.3 Å². The van der Waals surface area contributed by atoms with E-state index >= 15 is 0 Å². The molecule has 2 amide bonds. The number of hydrogen-bond donors (Lipinski definition) is 1. The summed E-state index contributed by atoms with van der Waals surface area (Å²) in [5.74, 6) is 0.763. The van der Waals surface area contributed by atoms with Crippen LogP contribution in [0.5, 0.6) is 11.5 Å². The summed E-state index contributed by atoms with van der Waals surface area (Å²) in [5.41, 5.74) is 1.61. The molecule has 0 spiro atoms. The number of carbonyl (C=O) groups is 2.